The Kier molecular flexibility index (Phi) is 3.22. The van der Waals surface area contributed by atoms with E-state index < -0.39 is 6.10 Å². The number of benzene rings is 1. The highest BCUT2D eigenvalue weighted by atomic mass is 16.5. The Morgan fingerprint density at radius 1 is 1.20 bits per heavy atom. The highest BCUT2D eigenvalue weighted by Crippen LogP contribution is 2.48. The molecule has 0 bridgehead atoms. The molecule has 1 aromatic rings. The second kappa shape index (κ2) is 4.57. The van der Waals surface area contributed by atoms with E-state index in [1.54, 1.807) is 0 Å². The lowest BCUT2D eigenvalue weighted by molar-refractivity contribution is -0.0880. The van der Waals surface area contributed by atoms with Gasteiger partial charge in [0.25, 0.3) is 0 Å². The molecule has 0 amide bonds. The summed E-state index contributed by atoms with van der Waals surface area (Å²) in [5.41, 5.74) is 2.01. The minimum absolute atomic E-state index is 0.145. The molecule has 2 fully saturated rings. The standard InChI is InChI=1S/C18H26O2/c1-17(2)11-15(18(3,4)20-17)16(19)14-7-5-6-13(10-14)12-8-9-12/h5-7,10,12,15-16,19H,8-9,11H2,1-4H3. The van der Waals surface area contributed by atoms with E-state index in [4.69, 9.17) is 4.74 Å². The van der Waals surface area contributed by atoms with Crippen LogP contribution in [0, 0.1) is 5.92 Å². The highest BCUT2D eigenvalue weighted by molar-refractivity contribution is 5.31. The number of aliphatic hydroxyl groups is 1. The molecule has 2 atom stereocenters. The van der Waals surface area contributed by atoms with Crippen molar-refractivity contribution < 1.29 is 9.84 Å². The van der Waals surface area contributed by atoms with Gasteiger partial charge in [-0.1, -0.05) is 24.3 Å². The zero-order valence-electron chi connectivity index (χ0n) is 13.0. The number of hydrogen-bond acceptors (Lipinski definition) is 2. The van der Waals surface area contributed by atoms with Crippen molar-refractivity contribution in [3.63, 3.8) is 0 Å². The molecule has 0 aromatic heterocycles. The predicted octanol–water partition coefficient (Wildman–Crippen LogP) is 4.19. The lowest BCUT2D eigenvalue weighted by Gasteiger charge is -2.30. The first kappa shape index (κ1) is 14.1. The summed E-state index contributed by atoms with van der Waals surface area (Å²) in [6.45, 7) is 8.42. The fourth-order valence-corrected chi connectivity index (χ4v) is 3.74. The molecule has 1 aromatic carbocycles. The van der Waals surface area contributed by atoms with Crippen molar-refractivity contribution in [2.45, 2.75) is 70.2 Å². The monoisotopic (exact) mass is 274 g/mol. The summed E-state index contributed by atoms with van der Waals surface area (Å²) < 4.78 is 6.12. The largest absolute Gasteiger partial charge is 0.388 e. The maximum Gasteiger partial charge on any atom is 0.0846 e. The lowest BCUT2D eigenvalue weighted by Crippen LogP contribution is -2.32. The topological polar surface area (TPSA) is 29.5 Å². The highest BCUT2D eigenvalue weighted by Gasteiger charge is 2.49. The van der Waals surface area contributed by atoms with Gasteiger partial charge in [0.15, 0.2) is 0 Å². The van der Waals surface area contributed by atoms with E-state index in [2.05, 4.69) is 52.0 Å². The Morgan fingerprint density at radius 3 is 2.45 bits per heavy atom. The molecule has 2 nitrogen and oxygen atoms in total. The Balaban J connectivity index is 1.84. The van der Waals surface area contributed by atoms with Crippen LogP contribution in [0.5, 0.6) is 0 Å². The molecule has 110 valence electrons. The van der Waals surface area contributed by atoms with Crippen LogP contribution in [0.15, 0.2) is 24.3 Å². The van der Waals surface area contributed by atoms with Crippen molar-refractivity contribution in [2.75, 3.05) is 0 Å². The van der Waals surface area contributed by atoms with Crippen molar-refractivity contribution in [1.82, 2.24) is 0 Å². The first-order valence-electron chi connectivity index (χ1n) is 7.77. The maximum absolute atomic E-state index is 10.8. The first-order chi connectivity index (χ1) is 9.28. The van der Waals surface area contributed by atoms with Gasteiger partial charge in [-0.2, -0.15) is 0 Å². The number of ether oxygens (including phenoxy) is 1. The van der Waals surface area contributed by atoms with Crippen LogP contribution >= 0.6 is 0 Å². The van der Waals surface area contributed by atoms with Gasteiger partial charge in [-0.15, -0.1) is 0 Å². The number of hydrogen-bond donors (Lipinski definition) is 1. The second-order valence-electron chi connectivity index (χ2n) is 7.67. The van der Waals surface area contributed by atoms with E-state index in [-0.39, 0.29) is 17.1 Å². The van der Waals surface area contributed by atoms with Crippen molar-refractivity contribution >= 4 is 0 Å². The van der Waals surface area contributed by atoms with Crippen LogP contribution in [0.25, 0.3) is 0 Å². The molecule has 0 radical (unpaired) electrons. The lowest BCUT2D eigenvalue weighted by atomic mass is 9.80. The summed E-state index contributed by atoms with van der Waals surface area (Å²) in [6.07, 6.45) is 3.05. The molecular weight excluding hydrogens is 248 g/mol. The predicted molar refractivity (Wildman–Crippen MR) is 80.7 cm³/mol. The van der Waals surface area contributed by atoms with Gasteiger partial charge in [0.2, 0.25) is 0 Å². The Labute approximate surface area is 122 Å². The third kappa shape index (κ3) is 2.64. The maximum atomic E-state index is 10.8. The molecule has 1 heterocycles. The fourth-order valence-electron chi connectivity index (χ4n) is 3.74. The molecule has 1 aliphatic heterocycles. The summed E-state index contributed by atoms with van der Waals surface area (Å²) >= 11 is 0. The van der Waals surface area contributed by atoms with Gasteiger partial charge >= 0.3 is 0 Å². The minimum atomic E-state index is -0.439. The number of rotatable bonds is 3. The zero-order chi connectivity index (χ0) is 14.5. The Morgan fingerprint density at radius 2 is 1.90 bits per heavy atom. The number of aliphatic hydroxyl groups excluding tert-OH is 1. The van der Waals surface area contributed by atoms with E-state index in [0.717, 1.165) is 17.9 Å². The minimum Gasteiger partial charge on any atom is -0.388 e. The van der Waals surface area contributed by atoms with Gasteiger partial charge in [0.05, 0.1) is 17.3 Å². The third-order valence-corrected chi connectivity index (χ3v) is 4.83. The third-order valence-electron chi connectivity index (χ3n) is 4.83. The van der Waals surface area contributed by atoms with Crippen LogP contribution in [-0.2, 0) is 4.74 Å². The zero-order valence-corrected chi connectivity index (χ0v) is 13.0. The average molecular weight is 274 g/mol. The molecule has 2 aliphatic rings. The summed E-state index contributed by atoms with van der Waals surface area (Å²) in [7, 11) is 0. The van der Waals surface area contributed by atoms with Crippen LogP contribution in [0.2, 0.25) is 0 Å². The second-order valence-corrected chi connectivity index (χ2v) is 7.67. The van der Waals surface area contributed by atoms with E-state index in [1.807, 2.05) is 0 Å². The van der Waals surface area contributed by atoms with Crippen LogP contribution in [0.1, 0.15) is 70.1 Å². The molecule has 2 unspecified atom stereocenters. The molecule has 1 saturated carbocycles. The van der Waals surface area contributed by atoms with Gasteiger partial charge in [0.1, 0.15) is 0 Å². The van der Waals surface area contributed by atoms with E-state index >= 15 is 0 Å². The summed E-state index contributed by atoms with van der Waals surface area (Å²) in [4.78, 5) is 0. The molecule has 20 heavy (non-hydrogen) atoms. The smallest absolute Gasteiger partial charge is 0.0846 e. The van der Waals surface area contributed by atoms with E-state index in [9.17, 15) is 5.11 Å². The molecule has 3 rings (SSSR count). The van der Waals surface area contributed by atoms with Crippen LogP contribution < -0.4 is 0 Å². The Bertz CT molecular complexity index is 500. The molecule has 1 N–H and O–H groups in total. The van der Waals surface area contributed by atoms with Gasteiger partial charge < -0.3 is 9.84 Å². The van der Waals surface area contributed by atoms with Gasteiger partial charge in [0, 0.05) is 5.92 Å². The average Bonchev–Trinajstić information content (AvgIpc) is 3.15. The van der Waals surface area contributed by atoms with Crippen molar-refractivity contribution in [3.05, 3.63) is 35.4 Å². The molecule has 0 spiro atoms. The van der Waals surface area contributed by atoms with Crippen molar-refractivity contribution in [1.29, 1.82) is 0 Å². The van der Waals surface area contributed by atoms with Crippen molar-refractivity contribution in [2.24, 2.45) is 5.92 Å². The van der Waals surface area contributed by atoms with Gasteiger partial charge in [-0.25, -0.2) is 0 Å². The normalized spacial score (nSPS) is 29.4. The molecule has 1 aliphatic carbocycles. The van der Waals surface area contributed by atoms with E-state index in [1.165, 1.54) is 18.4 Å². The van der Waals surface area contributed by atoms with Crippen molar-refractivity contribution in [3.8, 4) is 0 Å². The van der Waals surface area contributed by atoms with Gasteiger partial charge in [-0.05, 0) is 64.0 Å². The fraction of sp³-hybridized carbons (Fsp3) is 0.667. The summed E-state index contributed by atoms with van der Waals surface area (Å²) in [5.74, 6) is 0.874. The molecular formula is C18H26O2. The van der Waals surface area contributed by atoms with Crippen LogP contribution in [-0.4, -0.2) is 16.3 Å². The summed E-state index contributed by atoms with van der Waals surface area (Å²) in [6, 6.07) is 8.52. The quantitative estimate of drug-likeness (QED) is 0.895. The van der Waals surface area contributed by atoms with E-state index in [0.29, 0.717) is 0 Å². The summed E-state index contributed by atoms with van der Waals surface area (Å²) in [5, 5.41) is 10.8. The van der Waals surface area contributed by atoms with Gasteiger partial charge in [-0.3, -0.25) is 0 Å². The van der Waals surface area contributed by atoms with Crippen LogP contribution in [0.3, 0.4) is 0 Å². The SMILES string of the molecule is CC1(C)CC(C(O)c2cccc(C3CC3)c2)C(C)(C)O1. The van der Waals surface area contributed by atoms with Crippen LogP contribution in [0.4, 0.5) is 0 Å². The first-order valence-corrected chi connectivity index (χ1v) is 7.77. The molecule has 2 heteroatoms. The molecule has 1 saturated heterocycles. The Hall–Kier alpha value is -0.860.